The van der Waals surface area contributed by atoms with Crippen molar-refractivity contribution in [1.82, 2.24) is 4.98 Å². The highest BCUT2D eigenvalue weighted by atomic mass is 14.6. The first-order valence-corrected chi connectivity index (χ1v) is 5.83. The van der Waals surface area contributed by atoms with E-state index in [0.717, 1.165) is 0 Å². The van der Waals surface area contributed by atoms with Crippen LogP contribution in [0.4, 0.5) is 0 Å². The van der Waals surface area contributed by atoms with E-state index in [4.69, 9.17) is 0 Å². The van der Waals surface area contributed by atoms with E-state index in [1.165, 1.54) is 16.0 Å². The fourth-order valence-electron chi connectivity index (χ4n) is 1.22. The largest absolute Gasteiger partial charge is 0.264 e. The van der Waals surface area contributed by atoms with Gasteiger partial charge < -0.3 is 0 Å². The fourth-order valence-corrected chi connectivity index (χ4v) is 1.22. The number of hydrogen-bond donors (Lipinski definition) is 0. The van der Waals surface area contributed by atoms with E-state index < -0.39 is 0 Å². The van der Waals surface area contributed by atoms with Crippen molar-refractivity contribution < 1.29 is 0 Å². The van der Waals surface area contributed by atoms with Crippen LogP contribution in [-0.2, 0) is 0 Å². The molecule has 0 N–H and O–H groups in total. The molecule has 0 atom stereocenters. The summed E-state index contributed by atoms with van der Waals surface area (Å²) in [4.78, 5) is 4.11. The Morgan fingerprint density at radius 1 is 0.933 bits per heavy atom. The summed E-state index contributed by atoms with van der Waals surface area (Å²) in [7, 11) is 0. The van der Waals surface area contributed by atoms with E-state index >= 15 is 0 Å². The lowest BCUT2D eigenvalue weighted by atomic mass is 10.2. The monoisotopic (exact) mass is 207 g/mol. The van der Waals surface area contributed by atoms with E-state index in [-0.39, 0.29) is 0 Å². The van der Waals surface area contributed by atoms with Gasteiger partial charge in [0.1, 0.15) is 0 Å². The maximum Gasteiger partial charge on any atom is 0.0343 e. The van der Waals surface area contributed by atoms with E-state index in [2.05, 4.69) is 31.0 Å². The SMILES string of the molecule is C/C=c1/c(C)cnc/c1=C/C.CC.CC. The molecule has 15 heavy (non-hydrogen) atoms. The molecule has 0 radical (unpaired) electrons. The van der Waals surface area contributed by atoms with Crippen LogP contribution in [0.15, 0.2) is 12.4 Å². The van der Waals surface area contributed by atoms with Gasteiger partial charge in [0.2, 0.25) is 0 Å². The van der Waals surface area contributed by atoms with Gasteiger partial charge in [-0.25, -0.2) is 0 Å². The number of aromatic nitrogens is 1. The van der Waals surface area contributed by atoms with E-state index in [0.29, 0.717) is 0 Å². The molecule has 0 amide bonds. The van der Waals surface area contributed by atoms with Gasteiger partial charge in [0.15, 0.2) is 0 Å². The standard InChI is InChI=1S/C10H13N.2C2H6/c1-4-9-7-11-6-8(3)10(9)5-2;2*1-2/h4-7H,1-3H3;2*1-2H3/b9-4-,10-5-;;. The van der Waals surface area contributed by atoms with Gasteiger partial charge in [0.25, 0.3) is 0 Å². The Balaban J connectivity index is 0. The zero-order valence-corrected chi connectivity index (χ0v) is 11.3. The first kappa shape index (κ1) is 16.3. The third-order valence-corrected chi connectivity index (χ3v) is 1.82. The first-order valence-electron chi connectivity index (χ1n) is 5.83. The summed E-state index contributed by atoms with van der Waals surface area (Å²) in [6.07, 6.45) is 7.98. The summed E-state index contributed by atoms with van der Waals surface area (Å²) in [5.41, 5.74) is 1.24. The molecule has 0 saturated carbocycles. The van der Waals surface area contributed by atoms with Crippen LogP contribution < -0.4 is 10.4 Å². The van der Waals surface area contributed by atoms with Crippen LogP contribution in [0, 0.1) is 6.92 Å². The van der Waals surface area contributed by atoms with Crippen LogP contribution in [0.2, 0.25) is 0 Å². The quantitative estimate of drug-likeness (QED) is 0.637. The smallest absolute Gasteiger partial charge is 0.0343 e. The second-order valence-electron chi connectivity index (χ2n) is 2.54. The summed E-state index contributed by atoms with van der Waals surface area (Å²) in [6.45, 7) is 14.2. The Bertz CT molecular complexity index is 350. The molecule has 0 aliphatic carbocycles. The summed E-state index contributed by atoms with van der Waals surface area (Å²) < 4.78 is 0. The van der Waals surface area contributed by atoms with Gasteiger partial charge in [0, 0.05) is 12.4 Å². The molecule has 1 heteroatoms. The first-order chi connectivity index (χ1) is 7.29. The maximum absolute atomic E-state index is 4.11. The Labute approximate surface area is 94.6 Å². The highest BCUT2D eigenvalue weighted by molar-refractivity contribution is 5.30. The molecule has 1 aromatic heterocycles. The normalized spacial score (nSPS) is 11.1. The molecule has 0 saturated heterocycles. The molecule has 1 nitrogen and oxygen atoms in total. The van der Waals surface area contributed by atoms with Gasteiger partial charge in [-0.15, -0.1) is 0 Å². The third-order valence-electron chi connectivity index (χ3n) is 1.82. The molecular formula is C14H25N. The van der Waals surface area contributed by atoms with Crippen molar-refractivity contribution in [2.24, 2.45) is 0 Å². The summed E-state index contributed by atoms with van der Waals surface area (Å²) in [6, 6.07) is 0. The molecule has 0 bridgehead atoms. The number of aryl methyl sites for hydroxylation is 1. The molecule has 1 heterocycles. The molecule has 0 unspecified atom stereocenters. The Kier molecular flexibility index (Phi) is 11.9. The maximum atomic E-state index is 4.11. The average Bonchev–Trinajstić information content (AvgIpc) is 2.33. The average molecular weight is 207 g/mol. The number of hydrogen-bond acceptors (Lipinski definition) is 1. The molecule has 1 aromatic rings. The van der Waals surface area contributed by atoms with Gasteiger partial charge in [0.05, 0.1) is 0 Å². The lowest BCUT2D eigenvalue weighted by Gasteiger charge is -1.92. The van der Waals surface area contributed by atoms with Gasteiger partial charge >= 0.3 is 0 Å². The van der Waals surface area contributed by atoms with E-state index in [9.17, 15) is 0 Å². The number of pyridine rings is 1. The van der Waals surface area contributed by atoms with Gasteiger partial charge in [-0.1, -0.05) is 39.8 Å². The molecule has 0 spiro atoms. The minimum absolute atomic E-state index is 1.22. The molecule has 1 rings (SSSR count). The van der Waals surface area contributed by atoms with Crippen molar-refractivity contribution in [3.05, 3.63) is 28.4 Å². The molecule has 0 fully saturated rings. The summed E-state index contributed by atoms with van der Waals surface area (Å²) in [5.74, 6) is 0. The van der Waals surface area contributed by atoms with Gasteiger partial charge in [-0.2, -0.15) is 0 Å². The Morgan fingerprint density at radius 3 is 1.80 bits per heavy atom. The lowest BCUT2D eigenvalue weighted by molar-refractivity contribution is 1.21. The lowest BCUT2D eigenvalue weighted by Crippen LogP contribution is -2.27. The van der Waals surface area contributed by atoms with Crippen LogP contribution in [0.25, 0.3) is 12.2 Å². The zero-order valence-electron chi connectivity index (χ0n) is 11.3. The van der Waals surface area contributed by atoms with Crippen molar-refractivity contribution in [2.45, 2.75) is 48.5 Å². The molecular weight excluding hydrogens is 182 g/mol. The minimum Gasteiger partial charge on any atom is -0.264 e. The van der Waals surface area contributed by atoms with Crippen molar-refractivity contribution in [2.75, 3.05) is 0 Å². The highest BCUT2D eigenvalue weighted by Gasteiger charge is 1.87. The molecule has 0 aliphatic heterocycles. The summed E-state index contributed by atoms with van der Waals surface area (Å²) >= 11 is 0. The Morgan fingerprint density at radius 2 is 1.47 bits per heavy atom. The van der Waals surface area contributed by atoms with E-state index in [1.54, 1.807) is 0 Å². The topological polar surface area (TPSA) is 12.9 Å². The predicted octanol–water partition coefficient (Wildman–Crippen LogP) is 3.04. The summed E-state index contributed by atoms with van der Waals surface area (Å²) in [5, 5.41) is 2.51. The van der Waals surface area contributed by atoms with Crippen molar-refractivity contribution in [3.63, 3.8) is 0 Å². The number of nitrogens with zero attached hydrogens (tertiary/aromatic N) is 1. The number of rotatable bonds is 0. The van der Waals surface area contributed by atoms with Gasteiger partial charge in [-0.05, 0) is 36.8 Å². The third kappa shape index (κ3) is 5.36. The fraction of sp³-hybridized carbons (Fsp3) is 0.500. The van der Waals surface area contributed by atoms with Crippen LogP contribution >= 0.6 is 0 Å². The van der Waals surface area contributed by atoms with Crippen molar-refractivity contribution in [3.8, 4) is 0 Å². The highest BCUT2D eigenvalue weighted by Crippen LogP contribution is 1.78. The second kappa shape index (κ2) is 11.0. The molecule has 86 valence electrons. The van der Waals surface area contributed by atoms with Crippen LogP contribution in [0.3, 0.4) is 0 Å². The Hall–Kier alpha value is -1.11. The van der Waals surface area contributed by atoms with Crippen LogP contribution in [0.1, 0.15) is 47.1 Å². The molecule has 0 aromatic carbocycles. The van der Waals surface area contributed by atoms with Crippen molar-refractivity contribution in [1.29, 1.82) is 0 Å². The predicted molar refractivity (Wildman–Crippen MR) is 71.2 cm³/mol. The second-order valence-corrected chi connectivity index (χ2v) is 2.54. The van der Waals surface area contributed by atoms with Gasteiger partial charge in [-0.3, -0.25) is 4.98 Å². The molecule has 0 aliphatic rings. The zero-order chi connectivity index (χ0) is 12.3. The van der Waals surface area contributed by atoms with Crippen molar-refractivity contribution >= 4 is 12.2 Å². The van der Waals surface area contributed by atoms with E-state index in [1.807, 2.05) is 47.0 Å². The van der Waals surface area contributed by atoms with Crippen LogP contribution in [-0.4, -0.2) is 4.98 Å². The van der Waals surface area contributed by atoms with Crippen LogP contribution in [0.5, 0.6) is 0 Å². The minimum atomic E-state index is 1.22.